The van der Waals surface area contributed by atoms with E-state index >= 15 is 0 Å². The second-order valence-electron chi connectivity index (χ2n) is 14.2. The predicted molar refractivity (Wildman–Crippen MR) is 239 cm³/mol. The van der Waals surface area contributed by atoms with E-state index in [1.54, 1.807) is 0 Å². The van der Waals surface area contributed by atoms with Crippen LogP contribution < -0.4 is 9.75 Å². The van der Waals surface area contributed by atoms with E-state index < -0.39 is 154 Å². The number of phenols is 2. The molecule has 6 aromatic carbocycles. The number of ether oxygens (including phenoxy) is 1. The van der Waals surface area contributed by atoms with Gasteiger partial charge in [-0.15, -0.1) is 20.5 Å². The fourth-order valence-corrected chi connectivity index (χ4v) is 9.76. The molecule has 0 bridgehead atoms. The van der Waals surface area contributed by atoms with Crippen molar-refractivity contribution in [3.8, 4) is 17.2 Å². The lowest BCUT2D eigenvalue weighted by molar-refractivity contribution is -0.130. The maximum absolute atomic E-state index is 13.4. The Kier molecular flexibility index (Phi) is 13.1. The van der Waals surface area contributed by atoms with Crippen molar-refractivity contribution < 1.29 is 94.5 Å². The Bertz CT molecular complexity index is 4040. The lowest BCUT2D eigenvalue weighted by Crippen LogP contribution is -2.33. The molecule has 1 heterocycles. The van der Waals surface area contributed by atoms with Crippen molar-refractivity contribution in [2.45, 2.75) is 30.5 Å². The third-order valence-corrected chi connectivity index (χ3v) is 14.2. The normalized spacial score (nSPS) is 15.2. The number of amides is 1. The number of carboxylic acids is 1. The molecule has 0 saturated heterocycles. The third-order valence-electron chi connectivity index (χ3n) is 9.78. The summed E-state index contributed by atoms with van der Waals surface area (Å²) in [7, 11) is -24.8. The highest BCUT2D eigenvalue weighted by Gasteiger charge is 2.41. The number of rotatable bonds is 14. The Hall–Kier alpha value is -7.80. The maximum atomic E-state index is 13.4. The fourth-order valence-electron chi connectivity index (χ4n) is 6.64. The fraction of sp³-hybridized carbons (Fsp3) is 0.0541. The Labute approximate surface area is 397 Å². The van der Waals surface area contributed by atoms with Gasteiger partial charge in [0.05, 0.1) is 39.3 Å². The standard InChI is InChI=1S/C37H26N8O21S5/c1-66-17-4-8-24(28(12-17)69(57,58)59)39-40-25-11-10-23(22-13-19(68(54,55)56)14-27(46)30(22)25)38-42-31-29(70(60,61)62)15-21-20(34(31)47)7-9-26(35(21)71(63,64)65)41-43-32-33(37(49)50)44-45(36(32)48)16-2-5-18(6-3-16)67(51,52)53/h2-15,32,46-47H,1H3,(H,49,50)(H,51,52,53)(H,54,55,56)(H,57,58,59)(H,60,61,62)(H,63,64,65)/b40-39+,42-38+,43-41+. The van der Waals surface area contributed by atoms with Crippen molar-refractivity contribution in [1.29, 1.82) is 0 Å². The molecule has 0 radical (unpaired) electrons. The molecule has 8 N–H and O–H groups in total. The van der Waals surface area contributed by atoms with Crippen LogP contribution in [-0.2, 0) is 60.2 Å². The smallest absolute Gasteiger partial charge is 0.355 e. The van der Waals surface area contributed by atoms with Crippen LogP contribution in [-0.4, -0.2) is 111 Å². The van der Waals surface area contributed by atoms with Gasteiger partial charge in [-0.2, -0.15) is 62.4 Å². The van der Waals surface area contributed by atoms with Crippen LogP contribution in [0.1, 0.15) is 0 Å². The van der Waals surface area contributed by atoms with Crippen molar-refractivity contribution in [3.05, 3.63) is 84.9 Å². The highest BCUT2D eigenvalue weighted by atomic mass is 32.2. The van der Waals surface area contributed by atoms with Gasteiger partial charge in [-0.05, 0) is 72.8 Å². The first-order chi connectivity index (χ1) is 32.9. The lowest BCUT2D eigenvalue weighted by Gasteiger charge is -2.13. The lowest BCUT2D eigenvalue weighted by atomic mass is 10.1. The number of aliphatic carboxylic acids is 1. The highest BCUT2D eigenvalue weighted by Crippen LogP contribution is 2.47. The summed E-state index contributed by atoms with van der Waals surface area (Å²) in [6, 6.07) is 9.97. The molecule has 0 aliphatic carbocycles. The zero-order valence-corrected chi connectivity index (χ0v) is 38.7. The van der Waals surface area contributed by atoms with Crippen LogP contribution in [0.3, 0.4) is 0 Å². The zero-order chi connectivity index (χ0) is 52.3. The van der Waals surface area contributed by atoms with E-state index in [1.807, 2.05) is 0 Å². The van der Waals surface area contributed by atoms with Gasteiger partial charge in [0, 0.05) is 28.3 Å². The number of carboxylic acid groups (broad SMARTS) is 1. The number of carbonyl (C=O) groups is 2. The summed E-state index contributed by atoms with van der Waals surface area (Å²) in [5, 5.41) is 56.3. The summed E-state index contributed by atoms with van der Waals surface area (Å²) in [5.74, 6) is -5.32. The molecule has 7 rings (SSSR count). The number of hydrazone groups is 1. The van der Waals surface area contributed by atoms with Gasteiger partial charge in [0.1, 0.15) is 43.2 Å². The number of methoxy groups -OCH3 is 1. The molecule has 1 atom stereocenters. The maximum Gasteiger partial charge on any atom is 0.355 e. The van der Waals surface area contributed by atoms with Crippen LogP contribution in [0.5, 0.6) is 17.2 Å². The van der Waals surface area contributed by atoms with Crippen molar-refractivity contribution in [1.82, 2.24) is 0 Å². The second-order valence-corrected chi connectivity index (χ2v) is 21.2. The molecule has 1 aliphatic heterocycles. The van der Waals surface area contributed by atoms with E-state index in [4.69, 9.17) is 4.74 Å². The van der Waals surface area contributed by atoms with Gasteiger partial charge in [0.25, 0.3) is 56.5 Å². The van der Waals surface area contributed by atoms with Gasteiger partial charge in [0.2, 0.25) is 6.04 Å². The molecule has 0 saturated carbocycles. The molecule has 6 aromatic rings. The van der Waals surface area contributed by atoms with Crippen LogP contribution in [0.2, 0.25) is 0 Å². The van der Waals surface area contributed by atoms with Gasteiger partial charge in [-0.1, -0.05) is 0 Å². The van der Waals surface area contributed by atoms with Crippen LogP contribution >= 0.6 is 0 Å². The average molecular weight is 1080 g/mol. The number of hydrogen-bond acceptors (Lipinski definition) is 22. The zero-order valence-electron chi connectivity index (χ0n) is 34.7. The second kappa shape index (κ2) is 18.2. The molecule has 0 spiro atoms. The molecule has 1 unspecified atom stereocenters. The molecular weight excluding hydrogens is 1050 g/mol. The van der Waals surface area contributed by atoms with Crippen molar-refractivity contribution in [2.24, 2.45) is 35.8 Å². The molecule has 0 aromatic heterocycles. The summed E-state index contributed by atoms with van der Waals surface area (Å²) in [6.07, 6.45) is 0. The monoisotopic (exact) mass is 1080 g/mol. The number of nitrogens with zero attached hydrogens (tertiary/aromatic N) is 8. The minimum absolute atomic E-state index is 0.0120. The Morgan fingerprint density at radius 3 is 1.75 bits per heavy atom. The van der Waals surface area contributed by atoms with Gasteiger partial charge in [-0.25, -0.2) is 4.79 Å². The first-order valence-electron chi connectivity index (χ1n) is 18.6. The minimum atomic E-state index is -5.63. The van der Waals surface area contributed by atoms with E-state index in [-0.39, 0.29) is 17.1 Å². The van der Waals surface area contributed by atoms with Crippen LogP contribution in [0.15, 0.2) is 145 Å². The van der Waals surface area contributed by atoms with E-state index in [1.165, 1.54) is 13.2 Å². The van der Waals surface area contributed by atoms with Gasteiger partial charge in [0.15, 0.2) is 11.5 Å². The van der Waals surface area contributed by atoms with E-state index in [2.05, 4.69) is 35.8 Å². The first-order valence-corrected chi connectivity index (χ1v) is 25.8. The van der Waals surface area contributed by atoms with Gasteiger partial charge in [-0.3, -0.25) is 27.6 Å². The molecule has 370 valence electrons. The Balaban J connectivity index is 1.35. The minimum Gasteiger partial charge on any atom is -0.507 e. The van der Waals surface area contributed by atoms with Gasteiger partial charge >= 0.3 is 5.97 Å². The van der Waals surface area contributed by atoms with Crippen molar-refractivity contribution in [2.75, 3.05) is 12.1 Å². The molecule has 0 fully saturated rings. The Morgan fingerprint density at radius 2 is 1.17 bits per heavy atom. The third kappa shape index (κ3) is 10.3. The number of phenolic OH excluding ortho intramolecular Hbond substituents is 2. The van der Waals surface area contributed by atoms with E-state index in [0.29, 0.717) is 17.1 Å². The average Bonchev–Trinajstić information content (AvgIpc) is 3.61. The van der Waals surface area contributed by atoms with Crippen LogP contribution in [0.4, 0.5) is 34.1 Å². The quantitative estimate of drug-likeness (QED) is 0.0498. The number of aromatic hydroxyl groups is 2. The van der Waals surface area contributed by atoms with E-state index in [0.717, 1.165) is 66.7 Å². The van der Waals surface area contributed by atoms with Crippen molar-refractivity contribution >= 4 is 124 Å². The number of fused-ring (bicyclic) bond motifs is 2. The highest BCUT2D eigenvalue weighted by molar-refractivity contribution is 7.87. The number of hydrogen-bond donors (Lipinski definition) is 8. The predicted octanol–water partition coefficient (Wildman–Crippen LogP) is 5.42. The summed E-state index contributed by atoms with van der Waals surface area (Å²) in [4.78, 5) is 20.3. The molecule has 71 heavy (non-hydrogen) atoms. The summed E-state index contributed by atoms with van der Waals surface area (Å²) >= 11 is 0. The van der Waals surface area contributed by atoms with Crippen LogP contribution in [0, 0.1) is 0 Å². The number of benzene rings is 6. The van der Waals surface area contributed by atoms with E-state index in [9.17, 15) is 89.8 Å². The van der Waals surface area contributed by atoms with Crippen molar-refractivity contribution in [3.63, 3.8) is 0 Å². The SMILES string of the molecule is COc1ccc(/N=N/c2ccc(/N=N/c3c(S(=O)(=O)O)cc4c(S(=O)(=O)O)c(/N=N/C5C(=O)N(c6ccc(S(=O)(=O)O)cc6)N=C5C(=O)O)ccc4c3O)c3cc(S(=O)(=O)O)cc(O)c23)c(S(=O)(=O)O)c1. The number of azo groups is 3. The summed E-state index contributed by atoms with van der Waals surface area (Å²) in [6.45, 7) is 0. The molecule has 34 heteroatoms. The molecular formula is C37H26N8O21S5. The number of carbonyl (C=O) groups excluding carboxylic acids is 1. The van der Waals surface area contributed by atoms with Crippen LogP contribution in [0.25, 0.3) is 21.5 Å². The topological polar surface area (TPSA) is 466 Å². The largest absolute Gasteiger partial charge is 0.507 e. The van der Waals surface area contributed by atoms with Gasteiger partial charge < -0.3 is 20.1 Å². The molecule has 1 amide bonds. The summed E-state index contributed by atoms with van der Waals surface area (Å²) < 4.78 is 178. The molecule has 1 aliphatic rings. The summed E-state index contributed by atoms with van der Waals surface area (Å²) in [5.41, 5.74) is -4.65. The first kappa shape index (κ1) is 51.1. The molecule has 29 nitrogen and oxygen atoms in total. The Morgan fingerprint density at radius 1 is 0.592 bits per heavy atom. The number of anilines is 1.